The molecular weight excluding hydrogens is 273 g/mol. The first-order valence-corrected chi connectivity index (χ1v) is 6.05. The normalized spacial score (nSPS) is 10.7. The zero-order valence-electron chi connectivity index (χ0n) is 9.65. The first-order chi connectivity index (χ1) is 8.54. The van der Waals surface area contributed by atoms with Crippen molar-refractivity contribution < 1.29 is 5.11 Å². The molecule has 0 saturated carbocycles. The average molecular weight is 284 g/mol. The van der Waals surface area contributed by atoms with Crippen molar-refractivity contribution >= 4 is 23.2 Å². The molecule has 1 aromatic carbocycles. The van der Waals surface area contributed by atoms with E-state index in [1.54, 1.807) is 37.4 Å². The van der Waals surface area contributed by atoms with Crippen molar-refractivity contribution in [3.05, 3.63) is 56.3 Å². The Kier molecular flexibility index (Phi) is 3.76. The Morgan fingerprint density at radius 2 is 1.94 bits per heavy atom. The molecule has 3 nitrogen and oxygen atoms in total. The molecule has 0 aliphatic rings. The van der Waals surface area contributed by atoms with E-state index >= 15 is 0 Å². The van der Waals surface area contributed by atoms with E-state index < -0.39 is 0 Å². The Morgan fingerprint density at radius 1 is 1.22 bits per heavy atom. The van der Waals surface area contributed by atoms with Crippen LogP contribution in [0.15, 0.2) is 35.1 Å². The lowest BCUT2D eigenvalue weighted by Crippen LogP contribution is -2.22. The van der Waals surface area contributed by atoms with Gasteiger partial charge in [0.05, 0.1) is 12.3 Å². The second-order valence-electron chi connectivity index (χ2n) is 3.89. The van der Waals surface area contributed by atoms with Crippen LogP contribution < -0.4 is 5.56 Å². The Bertz CT molecular complexity index is 650. The fraction of sp³-hybridized carbons (Fsp3) is 0.154. The first kappa shape index (κ1) is 13.1. The number of rotatable bonds is 2. The van der Waals surface area contributed by atoms with E-state index in [2.05, 4.69) is 0 Å². The highest BCUT2D eigenvalue weighted by Gasteiger charge is 2.10. The van der Waals surface area contributed by atoms with Gasteiger partial charge in [-0.2, -0.15) is 0 Å². The van der Waals surface area contributed by atoms with Crippen LogP contribution in [0.3, 0.4) is 0 Å². The summed E-state index contributed by atoms with van der Waals surface area (Å²) in [5, 5.41) is 10.1. The third-order valence-electron chi connectivity index (χ3n) is 2.76. The number of nitrogens with zero attached hydrogens (tertiary/aromatic N) is 1. The predicted octanol–water partition coefficient (Wildman–Crippen LogP) is 2.85. The fourth-order valence-corrected chi connectivity index (χ4v) is 2.16. The van der Waals surface area contributed by atoms with Crippen LogP contribution in [0, 0.1) is 0 Å². The van der Waals surface area contributed by atoms with Gasteiger partial charge in [0.15, 0.2) is 0 Å². The highest BCUT2D eigenvalue weighted by molar-refractivity contribution is 6.35. The Hall–Kier alpha value is -1.29. The summed E-state index contributed by atoms with van der Waals surface area (Å²) in [5.41, 5.74) is 1.45. The van der Waals surface area contributed by atoms with E-state index in [9.17, 15) is 4.79 Å². The van der Waals surface area contributed by atoms with Gasteiger partial charge in [0.1, 0.15) is 0 Å². The van der Waals surface area contributed by atoms with E-state index in [1.165, 1.54) is 4.57 Å². The molecule has 18 heavy (non-hydrogen) atoms. The van der Waals surface area contributed by atoms with Gasteiger partial charge < -0.3 is 9.67 Å². The zero-order chi connectivity index (χ0) is 13.3. The second-order valence-corrected chi connectivity index (χ2v) is 4.73. The van der Waals surface area contributed by atoms with Crippen LogP contribution in [0.5, 0.6) is 0 Å². The van der Waals surface area contributed by atoms with Crippen molar-refractivity contribution in [2.75, 3.05) is 0 Å². The number of hydrogen-bond donors (Lipinski definition) is 1. The van der Waals surface area contributed by atoms with E-state index in [1.807, 2.05) is 0 Å². The predicted molar refractivity (Wildman–Crippen MR) is 73.1 cm³/mol. The fourth-order valence-electron chi connectivity index (χ4n) is 1.77. The van der Waals surface area contributed by atoms with Gasteiger partial charge in [-0.3, -0.25) is 4.79 Å². The van der Waals surface area contributed by atoms with Gasteiger partial charge in [0, 0.05) is 28.2 Å². The summed E-state index contributed by atoms with van der Waals surface area (Å²) in [6.45, 7) is -0.282. The molecule has 0 atom stereocenters. The van der Waals surface area contributed by atoms with Crippen LogP contribution in [0.4, 0.5) is 0 Å². The summed E-state index contributed by atoms with van der Waals surface area (Å²) in [5.74, 6) is 0. The summed E-state index contributed by atoms with van der Waals surface area (Å²) in [7, 11) is 1.63. The molecule has 0 radical (unpaired) electrons. The monoisotopic (exact) mass is 283 g/mol. The molecule has 0 saturated heterocycles. The average Bonchev–Trinajstić information content (AvgIpc) is 2.36. The lowest BCUT2D eigenvalue weighted by molar-refractivity contribution is 0.279. The number of pyridine rings is 1. The summed E-state index contributed by atoms with van der Waals surface area (Å²) < 4.78 is 1.45. The molecule has 0 unspecified atom stereocenters. The van der Waals surface area contributed by atoms with E-state index in [-0.39, 0.29) is 12.2 Å². The topological polar surface area (TPSA) is 42.2 Å². The molecule has 1 N–H and O–H groups in total. The largest absolute Gasteiger partial charge is 0.391 e. The lowest BCUT2D eigenvalue weighted by atomic mass is 10.1. The molecule has 2 aromatic rings. The van der Waals surface area contributed by atoms with Crippen LogP contribution in [-0.4, -0.2) is 9.67 Å². The minimum atomic E-state index is -0.282. The molecule has 1 heterocycles. The van der Waals surface area contributed by atoms with E-state index in [0.717, 1.165) is 0 Å². The standard InChI is InChI=1S/C13H11Cl2NO2/c1-16-12(5-2-8(7-17)13(16)18)10-6-9(14)3-4-11(10)15/h2-6,17H,7H2,1H3. The maximum Gasteiger partial charge on any atom is 0.256 e. The molecule has 2 rings (SSSR count). The Balaban J connectivity index is 2.69. The molecule has 0 aliphatic heterocycles. The van der Waals surface area contributed by atoms with Crippen LogP contribution >= 0.6 is 23.2 Å². The Labute approximate surface area is 114 Å². The SMILES string of the molecule is Cn1c(-c2cc(Cl)ccc2Cl)ccc(CO)c1=O. The number of halogens is 2. The van der Waals surface area contributed by atoms with E-state index in [0.29, 0.717) is 26.9 Å². The quantitative estimate of drug-likeness (QED) is 0.921. The molecule has 0 spiro atoms. The molecule has 0 bridgehead atoms. The van der Waals surface area contributed by atoms with Crippen LogP contribution in [0.1, 0.15) is 5.56 Å². The number of benzene rings is 1. The summed E-state index contributed by atoms with van der Waals surface area (Å²) in [6, 6.07) is 8.41. The minimum absolute atomic E-state index is 0.244. The lowest BCUT2D eigenvalue weighted by Gasteiger charge is -2.11. The first-order valence-electron chi connectivity index (χ1n) is 5.30. The number of aromatic nitrogens is 1. The summed E-state index contributed by atoms with van der Waals surface area (Å²) in [4.78, 5) is 11.9. The van der Waals surface area contributed by atoms with Crippen molar-refractivity contribution in [1.82, 2.24) is 4.57 Å². The van der Waals surface area contributed by atoms with Gasteiger partial charge in [-0.25, -0.2) is 0 Å². The minimum Gasteiger partial charge on any atom is -0.391 e. The van der Waals surface area contributed by atoms with Crippen molar-refractivity contribution in [2.45, 2.75) is 6.61 Å². The third kappa shape index (κ3) is 2.29. The van der Waals surface area contributed by atoms with E-state index in [4.69, 9.17) is 28.3 Å². The highest BCUT2D eigenvalue weighted by atomic mass is 35.5. The molecular formula is C13H11Cl2NO2. The molecule has 5 heteroatoms. The summed E-state index contributed by atoms with van der Waals surface area (Å²) >= 11 is 12.0. The smallest absolute Gasteiger partial charge is 0.256 e. The highest BCUT2D eigenvalue weighted by Crippen LogP contribution is 2.29. The van der Waals surface area contributed by atoms with Crippen molar-refractivity contribution in [3.8, 4) is 11.3 Å². The number of aliphatic hydroxyl groups is 1. The summed E-state index contributed by atoms with van der Waals surface area (Å²) in [6.07, 6.45) is 0. The van der Waals surface area contributed by atoms with Gasteiger partial charge in [-0.1, -0.05) is 23.2 Å². The van der Waals surface area contributed by atoms with Gasteiger partial charge in [0.2, 0.25) is 0 Å². The van der Waals surface area contributed by atoms with Crippen LogP contribution in [-0.2, 0) is 13.7 Å². The molecule has 1 aromatic heterocycles. The maximum absolute atomic E-state index is 11.9. The third-order valence-corrected chi connectivity index (χ3v) is 3.32. The van der Waals surface area contributed by atoms with Gasteiger partial charge >= 0.3 is 0 Å². The second kappa shape index (κ2) is 5.14. The molecule has 0 aliphatic carbocycles. The van der Waals surface area contributed by atoms with Gasteiger partial charge in [-0.05, 0) is 30.3 Å². The van der Waals surface area contributed by atoms with Gasteiger partial charge in [-0.15, -0.1) is 0 Å². The van der Waals surface area contributed by atoms with Crippen molar-refractivity contribution in [2.24, 2.45) is 7.05 Å². The Morgan fingerprint density at radius 3 is 2.61 bits per heavy atom. The number of hydrogen-bond acceptors (Lipinski definition) is 2. The zero-order valence-corrected chi connectivity index (χ0v) is 11.2. The van der Waals surface area contributed by atoms with Gasteiger partial charge in [0.25, 0.3) is 5.56 Å². The van der Waals surface area contributed by atoms with Crippen LogP contribution in [0.2, 0.25) is 10.0 Å². The van der Waals surface area contributed by atoms with Crippen molar-refractivity contribution in [3.63, 3.8) is 0 Å². The number of aliphatic hydroxyl groups excluding tert-OH is 1. The van der Waals surface area contributed by atoms with Crippen LogP contribution in [0.25, 0.3) is 11.3 Å². The maximum atomic E-state index is 11.9. The molecule has 0 amide bonds. The van der Waals surface area contributed by atoms with Crippen molar-refractivity contribution in [1.29, 1.82) is 0 Å². The molecule has 0 fully saturated rings. The molecule has 94 valence electrons.